The molecule has 58 heavy (non-hydrogen) atoms. The van der Waals surface area contributed by atoms with E-state index in [1.807, 2.05) is 13.8 Å². The van der Waals surface area contributed by atoms with Crippen molar-refractivity contribution < 1.29 is 44.6 Å². The van der Waals surface area contributed by atoms with Gasteiger partial charge in [0.05, 0.1) is 0 Å². The van der Waals surface area contributed by atoms with Crippen LogP contribution in [0.25, 0.3) is 0 Å². The fraction of sp³-hybridized carbons (Fsp3) is 0.378. The quantitative estimate of drug-likeness (QED) is 0.0407. The van der Waals surface area contributed by atoms with E-state index in [4.69, 9.17) is 19.4 Å². The van der Waals surface area contributed by atoms with Crippen LogP contribution in [0.1, 0.15) is 131 Å². The number of carbonyl (C=O) groups is 1. The van der Waals surface area contributed by atoms with Crippen LogP contribution in [0, 0.1) is 42.9 Å². The molecule has 0 unspecified atom stereocenters. The standard InChI is InChI=1S/C27H39N2.C18H14F5NO2.2ClH.Ru/c1-18(2)22-11-9-12-23(19(3)4)26(22)28-15-16-29(17-28)27-24(20(5)6)13-10-14-25(27)21(7)8;1-8(2)26(4)11-6-5-10(7-9(11)3)24-18(25)12-13(19)15(21)17(23)16(22)14(12)20;;;/h9-14,17-21H,15-16H2,1-8H3;3,5-8H,4H2,1-2H3,(H,24,25);2*1H;/q-1;;;;+2/p-2. The summed E-state index contributed by atoms with van der Waals surface area (Å²) >= 11 is -2.31. The number of hydrogen-bond acceptors (Lipinski definition) is 3. The van der Waals surface area contributed by atoms with Crippen molar-refractivity contribution in [3.8, 4) is 5.75 Å². The van der Waals surface area contributed by atoms with Gasteiger partial charge in [-0.25, -0.2) is 0 Å². The Balaban J connectivity index is 0.000000257. The summed E-state index contributed by atoms with van der Waals surface area (Å²) in [5.74, 6) is -10.1. The molecule has 0 bridgehead atoms. The van der Waals surface area contributed by atoms with E-state index in [1.54, 1.807) is 4.61 Å². The Morgan fingerprint density at radius 1 is 0.707 bits per heavy atom. The molecular formula is C45H53Cl2F5N3O2Ru-. The van der Waals surface area contributed by atoms with E-state index in [0.29, 0.717) is 35.0 Å². The number of para-hydroxylation sites is 2. The molecule has 4 aromatic rings. The maximum absolute atomic E-state index is 13.8. The van der Waals surface area contributed by atoms with Crippen LogP contribution < -0.4 is 15.1 Å². The molecule has 1 N–H and O–H groups in total. The molecular weight excluding hydrogens is 881 g/mol. The SMILES string of the molecule is CC(C)c1cccc(C(C)C)c1N1[CH-]N(c2c(C(C)C)cccc2C(C)C)CC1.[CH2-][O+](c1ccc(NC(=O)c2c(F)c(F)c(F)c(F)c2F)cc1[CH]=[Ru]([Cl])[Cl])C(C)C. The first-order valence-electron chi connectivity index (χ1n) is 19.1. The predicted octanol–water partition coefficient (Wildman–Crippen LogP) is 13.8. The van der Waals surface area contributed by atoms with Crippen LogP contribution in [-0.2, 0) is 17.9 Å². The fourth-order valence-electron chi connectivity index (χ4n) is 6.80. The molecule has 0 atom stereocenters. The van der Waals surface area contributed by atoms with E-state index in [1.165, 1.54) is 51.8 Å². The Labute approximate surface area is 353 Å². The molecule has 4 aromatic carbocycles. The van der Waals surface area contributed by atoms with Gasteiger partial charge in [0.2, 0.25) is 0 Å². The number of carbonyl (C=O) groups excluding carboxylic acids is 1. The van der Waals surface area contributed by atoms with Crippen molar-refractivity contribution >= 4 is 47.0 Å². The molecule has 0 aliphatic carbocycles. The molecule has 5 nitrogen and oxygen atoms in total. The molecule has 13 heteroatoms. The Bertz CT molecular complexity index is 1990. The second kappa shape index (κ2) is 20.2. The Morgan fingerprint density at radius 3 is 1.47 bits per heavy atom. The summed E-state index contributed by atoms with van der Waals surface area (Å²) in [5.41, 5.74) is 7.56. The summed E-state index contributed by atoms with van der Waals surface area (Å²) in [6.07, 6.45) is -0.0813. The van der Waals surface area contributed by atoms with Crippen LogP contribution in [0.5, 0.6) is 5.75 Å². The molecule has 1 aliphatic rings. The van der Waals surface area contributed by atoms with Crippen LogP contribution >= 0.6 is 19.4 Å². The number of anilines is 3. The Morgan fingerprint density at radius 2 is 1.10 bits per heavy atom. The molecule has 318 valence electrons. The van der Waals surface area contributed by atoms with Crippen molar-refractivity contribution in [2.45, 2.75) is 99.0 Å². The van der Waals surface area contributed by atoms with Crippen LogP contribution in [0.3, 0.4) is 0 Å². The van der Waals surface area contributed by atoms with Crippen molar-refractivity contribution in [1.82, 2.24) is 0 Å². The van der Waals surface area contributed by atoms with Crippen molar-refractivity contribution in [2.24, 2.45) is 0 Å². The monoisotopic (exact) mass is 934 g/mol. The number of nitrogens with one attached hydrogen (secondary N) is 1. The van der Waals surface area contributed by atoms with Gasteiger partial charge in [-0.05, 0) is 45.9 Å². The Hall–Kier alpha value is -3.53. The summed E-state index contributed by atoms with van der Waals surface area (Å²) in [6.45, 7) is 26.6. The van der Waals surface area contributed by atoms with Gasteiger partial charge in [-0.15, -0.1) is 0 Å². The third-order valence-electron chi connectivity index (χ3n) is 9.86. The number of hydrogen-bond donors (Lipinski definition) is 1. The molecule has 5 rings (SSSR count). The zero-order valence-electron chi connectivity index (χ0n) is 34.6. The van der Waals surface area contributed by atoms with Crippen molar-refractivity contribution in [3.63, 3.8) is 0 Å². The van der Waals surface area contributed by atoms with Gasteiger partial charge in [-0.2, -0.15) is 6.67 Å². The number of rotatable bonds is 11. The zero-order valence-corrected chi connectivity index (χ0v) is 37.8. The number of nitrogens with zero attached hydrogens (tertiary/aromatic N) is 2. The molecule has 0 radical (unpaired) electrons. The van der Waals surface area contributed by atoms with Gasteiger partial charge in [-0.1, -0.05) is 91.8 Å². The average Bonchev–Trinajstić information content (AvgIpc) is 3.65. The van der Waals surface area contributed by atoms with Gasteiger partial charge >= 0.3 is 177 Å². The summed E-state index contributed by atoms with van der Waals surface area (Å²) < 4.78 is 71.6. The topological polar surface area (TPSA) is 38.3 Å². The molecule has 0 aromatic heterocycles. The first kappa shape index (κ1) is 47.2. The molecule has 0 saturated carbocycles. The van der Waals surface area contributed by atoms with Crippen molar-refractivity contribution in [1.29, 1.82) is 0 Å². The van der Waals surface area contributed by atoms with Gasteiger partial charge in [-0.3, -0.25) is 0 Å². The van der Waals surface area contributed by atoms with Gasteiger partial charge in [0.15, 0.2) is 0 Å². The average molecular weight is 935 g/mol. The third kappa shape index (κ3) is 10.6. The van der Waals surface area contributed by atoms with E-state index in [-0.39, 0.29) is 11.8 Å². The van der Waals surface area contributed by atoms with Gasteiger partial charge in [0.1, 0.15) is 0 Å². The summed E-state index contributed by atoms with van der Waals surface area (Å²) in [4.78, 5) is 17.2. The summed E-state index contributed by atoms with van der Waals surface area (Å²) in [5, 5.41) is 2.11. The van der Waals surface area contributed by atoms with Gasteiger partial charge in [0, 0.05) is 24.5 Å². The fourth-order valence-corrected chi connectivity index (χ4v) is 8.59. The maximum atomic E-state index is 13.8. The third-order valence-corrected chi connectivity index (χ3v) is 11.7. The van der Waals surface area contributed by atoms with Crippen LogP contribution in [0.4, 0.5) is 39.0 Å². The second-order valence-electron chi connectivity index (χ2n) is 15.6. The van der Waals surface area contributed by atoms with E-state index < -0.39 is 54.1 Å². The molecule has 1 aliphatic heterocycles. The predicted molar refractivity (Wildman–Crippen MR) is 227 cm³/mol. The van der Waals surface area contributed by atoms with Crippen molar-refractivity contribution in [2.75, 3.05) is 28.2 Å². The van der Waals surface area contributed by atoms with Gasteiger partial charge < -0.3 is 9.80 Å². The number of halogens is 7. The van der Waals surface area contributed by atoms with E-state index in [9.17, 15) is 26.7 Å². The van der Waals surface area contributed by atoms with Crippen LogP contribution in [0.2, 0.25) is 0 Å². The molecule has 1 fully saturated rings. The first-order valence-corrected chi connectivity index (χ1v) is 24.6. The van der Waals surface area contributed by atoms with E-state index in [0.717, 1.165) is 13.1 Å². The first-order chi connectivity index (χ1) is 27.2. The molecule has 0 spiro atoms. The van der Waals surface area contributed by atoms with E-state index >= 15 is 0 Å². The van der Waals surface area contributed by atoms with Crippen LogP contribution in [-0.4, -0.2) is 29.7 Å². The molecule has 1 heterocycles. The van der Waals surface area contributed by atoms with E-state index in [2.05, 4.69) is 125 Å². The zero-order chi connectivity index (χ0) is 43.3. The minimum absolute atomic E-state index is 0.0236. The Kier molecular flexibility index (Phi) is 16.4. The minimum atomic E-state index is -2.35. The van der Waals surface area contributed by atoms with Gasteiger partial charge in [0.25, 0.3) is 0 Å². The number of benzene rings is 4. The summed E-state index contributed by atoms with van der Waals surface area (Å²) in [7, 11) is 15.6. The summed E-state index contributed by atoms with van der Waals surface area (Å²) in [6, 6.07) is 18.0. The second-order valence-corrected chi connectivity index (χ2v) is 21.4. The molecule has 1 amide bonds. The molecule has 1 saturated heterocycles. The van der Waals surface area contributed by atoms with Crippen molar-refractivity contribution in [3.05, 3.63) is 131 Å². The number of amides is 1. The van der Waals surface area contributed by atoms with Crippen LogP contribution in [0.15, 0.2) is 54.6 Å². The normalized spacial score (nSPS) is 13.2.